The fourth-order valence-corrected chi connectivity index (χ4v) is 5.26. The molecule has 1 saturated heterocycles. The molecule has 1 amide bonds. The summed E-state index contributed by atoms with van der Waals surface area (Å²) in [4.78, 5) is 30.0. The lowest BCUT2D eigenvalue weighted by Gasteiger charge is -2.26. The quantitative estimate of drug-likeness (QED) is 0.519. The summed E-state index contributed by atoms with van der Waals surface area (Å²) < 4.78 is 33.8. The number of benzene rings is 1. The zero-order valence-electron chi connectivity index (χ0n) is 15.0. The smallest absolute Gasteiger partial charge is 0.317 e. The van der Waals surface area contributed by atoms with E-state index >= 15 is 0 Å². The lowest BCUT2D eigenvalue weighted by molar-refractivity contribution is -0.157. The maximum atomic E-state index is 12.4. The van der Waals surface area contributed by atoms with E-state index in [9.17, 15) is 18.0 Å². The fourth-order valence-electron chi connectivity index (χ4n) is 2.86. The molecular formula is C17H20N2O6S2. The molecule has 0 N–H and O–H groups in total. The zero-order valence-corrected chi connectivity index (χ0v) is 16.6. The molecule has 1 fully saturated rings. The van der Waals surface area contributed by atoms with Crippen LogP contribution in [0.2, 0.25) is 0 Å². The second-order valence-electron chi connectivity index (χ2n) is 6.37. The number of thioether (sulfide) groups is 1. The lowest BCUT2D eigenvalue weighted by Crippen LogP contribution is -2.44. The largest absolute Gasteiger partial charge is 0.452 e. The molecule has 0 spiro atoms. The number of sulfone groups is 1. The molecule has 0 bridgehead atoms. The van der Waals surface area contributed by atoms with Crippen LogP contribution in [-0.4, -0.2) is 66.6 Å². The molecule has 8 nitrogen and oxygen atoms in total. The van der Waals surface area contributed by atoms with Gasteiger partial charge in [-0.1, -0.05) is 23.9 Å². The minimum atomic E-state index is -3.10. The summed E-state index contributed by atoms with van der Waals surface area (Å²) in [6, 6.07) is 6.88. The Morgan fingerprint density at radius 1 is 1.41 bits per heavy atom. The first-order valence-electron chi connectivity index (χ1n) is 8.40. The predicted molar refractivity (Wildman–Crippen MR) is 100 cm³/mol. The molecule has 10 heteroatoms. The number of para-hydroxylation sites is 2. The van der Waals surface area contributed by atoms with E-state index in [1.807, 2.05) is 12.1 Å². The number of hydrogen-bond acceptors (Lipinski definition) is 8. The number of rotatable bonds is 6. The number of ether oxygens (including phenoxy) is 1. The van der Waals surface area contributed by atoms with Crippen molar-refractivity contribution in [2.75, 3.05) is 24.3 Å². The van der Waals surface area contributed by atoms with Gasteiger partial charge < -0.3 is 14.1 Å². The molecule has 0 aliphatic carbocycles. The van der Waals surface area contributed by atoms with E-state index in [1.54, 1.807) is 12.1 Å². The number of hydrogen-bond donors (Lipinski definition) is 0. The first-order valence-corrected chi connectivity index (χ1v) is 11.2. The van der Waals surface area contributed by atoms with Crippen LogP contribution in [0.5, 0.6) is 0 Å². The van der Waals surface area contributed by atoms with Gasteiger partial charge in [-0.05, 0) is 25.5 Å². The van der Waals surface area contributed by atoms with Gasteiger partial charge in [0.2, 0.25) is 0 Å². The van der Waals surface area contributed by atoms with E-state index in [0.29, 0.717) is 22.7 Å². The highest BCUT2D eigenvalue weighted by atomic mass is 32.2. The highest BCUT2D eigenvalue weighted by Crippen LogP contribution is 2.23. The number of fused-ring (bicyclic) bond motifs is 1. The third-order valence-electron chi connectivity index (χ3n) is 4.35. The molecule has 2 aromatic rings. The van der Waals surface area contributed by atoms with Crippen molar-refractivity contribution in [2.45, 2.75) is 30.7 Å². The Morgan fingerprint density at radius 2 is 2.15 bits per heavy atom. The summed E-state index contributed by atoms with van der Waals surface area (Å²) in [5.74, 6) is -1.02. The first kappa shape index (κ1) is 19.7. The van der Waals surface area contributed by atoms with Crippen molar-refractivity contribution in [3.05, 3.63) is 24.3 Å². The number of likely N-dealkylation sites (N-methyl/N-ethyl adjacent to an activating group) is 1. The van der Waals surface area contributed by atoms with Crippen LogP contribution >= 0.6 is 11.8 Å². The molecule has 0 unspecified atom stereocenters. The van der Waals surface area contributed by atoms with Crippen molar-refractivity contribution >= 4 is 44.6 Å². The van der Waals surface area contributed by atoms with Gasteiger partial charge in [-0.2, -0.15) is 0 Å². The van der Waals surface area contributed by atoms with Gasteiger partial charge in [-0.15, -0.1) is 0 Å². The number of esters is 1. The summed E-state index contributed by atoms with van der Waals surface area (Å²) in [5, 5.41) is 0.348. The second-order valence-corrected chi connectivity index (χ2v) is 9.53. The molecule has 1 aliphatic heterocycles. The predicted octanol–water partition coefficient (Wildman–Crippen LogP) is 1.50. The number of nitrogens with zero attached hydrogens (tertiary/aromatic N) is 2. The third-order valence-corrected chi connectivity index (χ3v) is 6.90. The van der Waals surface area contributed by atoms with Gasteiger partial charge in [0.05, 0.1) is 11.5 Å². The van der Waals surface area contributed by atoms with Crippen molar-refractivity contribution in [3.8, 4) is 0 Å². The van der Waals surface area contributed by atoms with Crippen molar-refractivity contribution < 1.29 is 27.2 Å². The molecular weight excluding hydrogens is 392 g/mol. The monoisotopic (exact) mass is 412 g/mol. The van der Waals surface area contributed by atoms with Gasteiger partial charge >= 0.3 is 5.97 Å². The van der Waals surface area contributed by atoms with E-state index in [4.69, 9.17) is 9.15 Å². The van der Waals surface area contributed by atoms with E-state index in [0.717, 1.165) is 11.8 Å². The summed E-state index contributed by atoms with van der Waals surface area (Å²) in [7, 11) is -1.56. The highest BCUT2D eigenvalue weighted by Gasteiger charge is 2.34. The minimum absolute atomic E-state index is 0.0496. The number of oxazole rings is 1. The Hall–Kier alpha value is -2.07. The van der Waals surface area contributed by atoms with E-state index in [2.05, 4.69) is 4.98 Å². The van der Waals surface area contributed by atoms with Gasteiger partial charge in [-0.25, -0.2) is 13.4 Å². The van der Waals surface area contributed by atoms with Gasteiger partial charge in [0.1, 0.15) is 11.3 Å². The van der Waals surface area contributed by atoms with Gasteiger partial charge in [0, 0.05) is 13.1 Å². The molecule has 1 aromatic carbocycles. The molecule has 1 aromatic heterocycles. The molecule has 3 rings (SSSR count). The van der Waals surface area contributed by atoms with Crippen LogP contribution in [0.15, 0.2) is 33.9 Å². The molecule has 2 atom stereocenters. The number of carbonyl (C=O) groups is 2. The molecule has 146 valence electrons. The van der Waals surface area contributed by atoms with Crippen molar-refractivity contribution in [1.29, 1.82) is 0 Å². The SMILES string of the molecule is C[C@H](OC(=O)CSc1nc2ccccc2o1)C(=O)N(C)[C@@H]1CCS(=O)(=O)C1. The second kappa shape index (κ2) is 7.89. The van der Waals surface area contributed by atoms with Gasteiger partial charge in [0.15, 0.2) is 21.5 Å². The van der Waals surface area contributed by atoms with Crippen LogP contribution in [0.4, 0.5) is 0 Å². The summed E-state index contributed by atoms with van der Waals surface area (Å²) in [6.45, 7) is 1.48. The maximum absolute atomic E-state index is 12.4. The topological polar surface area (TPSA) is 107 Å². The minimum Gasteiger partial charge on any atom is -0.452 e. The highest BCUT2D eigenvalue weighted by molar-refractivity contribution is 7.99. The number of aromatic nitrogens is 1. The van der Waals surface area contributed by atoms with Gasteiger partial charge in [0.25, 0.3) is 11.1 Å². The normalized spacial score (nSPS) is 19.7. The maximum Gasteiger partial charge on any atom is 0.317 e. The Kier molecular flexibility index (Phi) is 5.75. The number of carbonyl (C=O) groups excluding carboxylic acids is 2. The average Bonchev–Trinajstić information content (AvgIpc) is 3.21. The van der Waals surface area contributed by atoms with E-state index < -0.39 is 27.8 Å². The summed E-state index contributed by atoms with van der Waals surface area (Å²) in [6.07, 6.45) is -0.589. The van der Waals surface area contributed by atoms with Gasteiger partial charge in [-0.3, -0.25) is 9.59 Å². The lowest BCUT2D eigenvalue weighted by atomic mass is 10.2. The Morgan fingerprint density at radius 3 is 2.81 bits per heavy atom. The van der Waals surface area contributed by atoms with Crippen LogP contribution in [-0.2, 0) is 24.2 Å². The average molecular weight is 412 g/mol. The van der Waals surface area contributed by atoms with Crippen LogP contribution in [0.3, 0.4) is 0 Å². The fraction of sp³-hybridized carbons (Fsp3) is 0.471. The van der Waals surface area contributed by atoms with Crippen LogP contribution in [0.25, 0.3) is 11.1 Å². The van der Waals surface area contributed by atoms with E-state index in [1.165, 1.54) is 18.9 Å². The zero-order chi connectivity index (χ0) is 19.6. The van der Waals surface area contributed by atoms with Crippen LogP contribution < -0.4 is 0 Å². The molecule has 0 saturated carbocycles. The van der Waals surface area contributed by atoms with Crippen molar-refractivity contribution in [2.24, 2.45) is 0 Å². The Bertz CT molecular complexity index is 922. The van der Waals surface area contributed by atoms with Crippen molar-refractivity contribution in [1.82, 2.24) is 9.88 Å². The first-order chi connectivity index (χ1) is 12.7. The molecule has 1 aliphatic rings. The van der Waals surface area contributed by atoms with Crippen molar-refractivity contribution in [3.63, 3.8) is 0 Å². The van der Waals surface area contributed by atoms with Crippen LogP contribution in [0, 0.1) is 0 Å². The van der Waals surface area contributed by atoms with Crippen LogP contribution in [0.1, 0.15) is 13.3 Å². The van der Waals surface area contributed by atoms with E-state index in [-0.39, 0.29) is 23.3 Å². The standard InChI is InChI=1S/C17H20N2O6S2/c1-11(16(21)19(2)12-7-8-27(22,23)10-12)24-15(20)9-26-17-18-13-5-3-4-6-14(13)25-17/h3-6,11-12H,7-10H2,1-2H3/t11-,12+/m0/s1. The Balaban J connectivity index is 1.50. The third kappa shape index (κ3) is 4.81. The molecule has 2 heterocycles. The Labute approximate surface area is 161 Å². The summed E-state index contributed by atoms with van der Waals surface area (Å²) in [5.41, 5.74) is 1.33. The number of amides is 1. The molecule has 27 heavy (non-hydrogen) atoms. The summed E-state index contributed by atoms with van der Waals surface area (Å²) >= 11 is 1.08. The molecule has 0 radical (unpaired) electrons.